The first-order valence-electron chi connectivity index (χ1n) is 12.0. The fourth-order valence-corrected chi connectivity index (χ4v) is 6.04. The van der Waals surface area contributed by atoms with Gasteiger partial charge in [-0.2, -0.15) is 0 Å². The highest BCUT2D eigenvalue weighted by molar-refractivity contribution is 7.99. The van der Waals surface area contributed by atoms with Crippen LogP contribution in [0, 0.1) is 0 Å². The van der Waals surface area contributed by atoms with Crippen molar-refractivity contribution in [3.8, 4) is 0 Å². The Morgan fingerprint density at radius 1 is 1.28 bits per heavy atom. The van der Waals surface area contributed by atoms with Crippen LogP contribution in [0.25, 0.3) is 0 Å². The molecule has 3 heterocycles. The van der Waals surface area contributed by atoms with Gasteiger partial charge in [0.25, 0.3) is 5.91 Å². The van der Waals surface area contributed by atoms with E-state index in [9.17, 15) is 9.90 Å². The molecule has 7 nitrogen and oxygen atoms in total. The van der Waals surface area contributed by atoms with Gasteiger partial charge in [-0.1, -0.05) is 55.4 Å². The van der Waals surface area contributed by atoms with E-state index in [1.165, 1.54) is 22.9 Å². The molecule has 1 amide bonds. The summed E-state index contributed by atoms with van der Waals surface area (Å²) in [6.45, 7) is 9.11. The number of rotatable bonds is 5. The van der Waals surface area contributed by atoms with E-state index in [-0.39, 0.29) is 18.1 Å². The van der Waals surface area contributed by atoms with Crippen LogP contribution in [0.3, 0.4) is 0 Å². The molecular weight excluding hydrogens is 494 g/mol. The maximum Gasteiger partial charge on any atom is 0.263 e. The van der Waals surface area contributed by atoms with Crippen LogP contribution in [0.4, 0.5) is 17.3 Å². The molecule has 0 spiro atoms. The van der Waals surface area contributed by atoms with E-state index in [1.807, 2.05) is 32.0 Å². The van der Waals surface area contributed by atoms with Crippen LogP contribution in [0.2, 0.25) is 5.02 Å². The molecule has 9 heteroatoms. The second-order valence-electron chi connectivity index (χ2n) is 10.4. The Bertz CT molecular complexity index is 1340. The van der Waals surface area contributed by atoms with Crippen LogP contribution in [0.5, 0.6) is 0 Å². The van der Waals surface area contributed by atoms with Gasteiger partial charge in [-0.15, -0.1) is 0 Å². The third kappa shape index (κ3) is 4.47. The number of nitrogens with zero attached hydrogens (tertiary/aromatic N) is 3. The Balaban J connectivity index is 1.41. The van der Waals surface area contributed by atoms with Crippen molar-refractivity contribution in [2.75, 3.05) is 29.2 Å². The maximum absolute atomic E-state index is 13.5. The number of benzene rings is 2. The predicted octanol–water partition coefficient (Wildman–Crippen LogP) is 5.23. The Morgan fingerprint density at radius 2 is 2.08 bits per heavy atom. The molecule has 0 radical (unpaired) electrons. The number of aliphatic hydroxyl groups excluding tert-OH is 1. The van der Waals surface area contributed by atoms with Crippen molar-refractivity contribution in [1.29, 1.82) is 0 Å². The van der Waals surface area contributed by atoms with Crippen LogP contribution < -0.4 is 15.5 Å². The number of anilines is 3. The molecule has 0 fully saturated rings. The number of hydrogen-bond acceptors (Lipinski definition) is 7. The highest BCUT2D eigenvalue weighted by Gasteiger charge is 2.34. The van der Waals surface area contributed by atoms with E-state index < -0.39 is 5.41 Å². The minimum Gasteiger partial charge on any atom is -0.395 e. The number of carbonyl (C=O) groups excluding carboxylic acids is 1. The SMILES string of the molecule is CC(C)(CO)c1cccc(Cl)c1N1CSc2nc(Nc3ccc4c(c3)CCNC4(C)C)ncc2C1=O. The molecule has 0 saturated carbocycles. The number of aliphatic hydroxyl groups is 1. The summed E-state index contributed by atoms with van der Waals surface area (Å²) in [5.74, 6) is 0.610. The number of para-hydroxylation sites is 1. The molecule has 0 aliphatic carbocycles. The van der Waals surface area contributed by atoms with Gasteiger partial charge in [0.15, 0.2) is 0 Å². The smallest absolute Gasteiger partial charge is 0.263 e. The van der Waals surface area contributed by atoms with Gasteiger partial charge in [0.2, 0.25) is 5.95 Å². The van der Waals surface area contributed by atoms with Gasteiger partial charge >= 0.3 is 0 Å². The van der Waals surface area contributed by atoms with Gasteiger partial charge in [-0.3, -0.25) is 9.69 Å². The van der Waals surface area contributed by atoms with E-state index >= 15 is 0 Å². The van der Waals surface area contributed by atoms with Crippen molar-refractivity contribution in [2.24, 2.45) is 0 Å². The fraction of sp³-hybridized carbons (Fsp3) is 0.370. The van der Waals surface area contributed by atoms with Gasteiger partial charge < -0.3 is 15.7 Å². The average Bonchev–Trinajstić information content (AvgIpc) is 2.84. The van der Waals surface area contributed by atoms with E-state index in [4.69, 9.17) is 11.6 Å². The van der Waals surface area contributed by atoms with Crippen LogP contribution in [-0.4, -0.2) is 40.0 Å². The van der Waals surface area contributed by atoms with E-state index in [0.717, 1.165) is 24.2 Å². The number of amides is 1. The van der Waals surface area contributed by atoms with Crippen molar-refractivity contribution in [2.45, 2.75) is 50.1 Å². The second-order valence-corrected chi connectivity index (χ2v) is 11.7. The third-order valence-corrected chi connectivity index (χ3v) is 8.21. The summed E-state index contributed by atoms with van der Waals surface area (Å²) >= 11 is 8.03. The first-order valence-corrected chi connectivity index (χ1v) is 13.3. The maximum atomic E-state index is 13.5. The first kappa shape index (κ1) is 25.0. The summed E-state index contributed by atoms with van der Waals surface area (Å²) in [5, 5.41) is 17.9. The summed E-state index contributed by atoms with van der Waals surface area (Å²) in [7, 11) is 0. The van der Waals surface area contributed by atoms with Gasteiger partial charge in [0.05, 0.1) is 28.8 Å². The lowest BCUT2D eigenvalue weighted by Gasteiger charge is -2.34. The molecule has 2 aromatic carbocycles. The third-order valence-electron chi connectivity index (χ3n) is 6.94. The topological polar surface area (TPSA) is 90.4 Å². The van der Waals surface area contributed by atoms with Crippen molar-refractivity contribution in [1.82, 2.24) is 15.3 Å². The number of nitrogens with one attached hydrogen (secondary N) is 2. The van der Waals surface area contributed by atoms with Gasteiger partial charge in [-0.05, 0) is 61.7 Å². The summed E-state index contributed by atoms with van der Waals surface area (Å²) < 4.78 is 0. The molecular formula is C27H30ClN5O2S. The van der Waals surface area contributed by atoms with E-state index in [2.05, 4.69) is 46.6 Å². The number of fused-ring (bicyclic) bond motifs is 2. The van der Waals surface area contributed by atoms with Gasteiger partial charge in [0.1, 0.15) is 5.03 Å². The number of thioether (sulfide) groups is 1. The molecule has 0 atom stereocenters. The molecule has 0 bridgehead atoms. The Hall–Kier alpha value is -2.65. The van der Waals surface area contributed by atoms with Crippen molar-refractivity contribution in [3.05, 3.63) is 69.9 Å². The Labute approximate surface area is 220 Å². The van der Waals surface area contributed by atoms with Crippen LogP contribution in [0.1, 0.15) is 54.7 Å². The molecule has 1 aromatic heterocycles. The minimum absolute atomic E-state index is 0.0504. The van der Waals surface area contributed by atoms with Crippen LogP contribution >= 0.6 is 23.4 Å². The summed E-state index contributed by atoms with van der Waals surface area (Å²) in [6, 6.07) is 11.9. The van der Waals surface area contributed by atoms with Crippen molar-refractivity contribution in [3.63, 3.8) is 0 Å². The zero-order valence-electron chi connectivity index (χ0n) is 20.9. The lowest BCUT2D eigenvalue weighted by molar-refractivity contribution is 0.0985. The highest BCUT2D eigenvalue weighted by atomic mass is 35.5. The molecule has 2 aliphatic heterocycles. The second kappa shape index (κ2) is 9.34. The predicted molar refractivity (Wildman–Crippen MR) is 146 cm³/mol. The standard InChI is InChI=1S/C27H30ClN5O2S/c1-26(2,14-34)20-6-5-7-21(28)22(20)33-15-36-23-18(24(33)35)13-29-25(32-23)31-17-8-9-19-16(12-17)10-11-30-27(19,3)4/h5-9,12-13,30,34H,10-11,14-15H2,1-4H3,(H,29,31,32). The Kier molecular flexibility index (Phi) is 6.49. The van der Waals surface area contributed by atoms with Crippen molar-refractivity contribution >= 4 is 46.6 Å². The quantitative estimate of drug-likeness (QED) is 0.394. The molecule has 188 valence electrons. The summed E-state index contributed by atoms with van der Waals surface area (Å²) in [6.07, 6.45) is 2.54. The average molecular weight is 524 g/mol. The molecule has 0 unspecified atom stereocenters. The molecule has 36 heavy (non-hydrogen) atoms. The largest absolute Gasteiger partial charge is 0.395 e. The lowest BCUT2D eigenvalue weighted by Crippen LogP contribution is -2.42. The minimum atomic E-state index is -0.560. The molecule has 5 rings (SSSR count). The molecule has 0 saturated heterocycles. The van der Waals surface area contributed by atoms with E-state index in [1.54, 1.807) is 17.2 Å². The van der Waals surface area contributed by atoms with Crippen LogP contribution in [-0.2, 0) is 17.4 Å². The number of hydrogen-bond donors (Lipinski definition) is 3. The lowest BCUT2D eigenvalue weighted by atomic mass is 9.84. The monoisotopic (exact) mass is 523 g/mol. The fourth-order valence-electron chi connectivity index (χ4n) is 4.82. The Morgan fingerprint density at radius 3 is 2.86 bits per heavy atom. The summed E-state index contributed by atoms with van der Waals surface area (Å²) in [5.41, 5.74) is 4.80. The van der Waals surface area contributed by atoms with Crippen molar-refractivity contribution < 1.29 is 9.90 Å². The zero-order valence-corrected chi connectivity index (χ0v) is 22.4. The van der Waals surface area contributed by atoms with Gasteiger partial charge in [0, 0.05) is 22.8 Å². The highest BCUT2D eigenvalue weighted by Crippen LogP contribution is 2.41. The normalized spacial score (nSPS) is 16.9. The molecule has 2 aliphatic rings. The number of aromatic nitrogens is 2. The van der Waals surface area contributed by atoms with E-state index in [0.29, 0.717) is 33.1 Å². The summed E-state index contributed by atoms with van der Waals surface area (Å²) in [4.78, 5) is 24.3. The van der Waals surface area contributed by atoms with Crippen LogP contribution in [0.15, 0.2) is 47.6 Å². The molecule has 3 N–H and O–H groups in total. The molecule has 3 aromatic rings. The van der Waals surface area contributed by atoms with Gasteiger partial charge in [-0.25, -0.2) is 9.97 Å². The first-order chi connectivity index (χ1) is 17.1. The zero-order chi connectivity index (χ0) is 25.7. The number of carbonyl (C=O) groups is 1. The number of halogens is 1.